The van der Waals surface area contributed by atoms with Gasteiger partial charge in [-0.2, -0.15) is 0 Å². The molecule has 0 aliphatic carbocycles. The van der Waals surface area contributed by atoms with Gasteiger partial charge in [-0.05, 0) is 25.7 Å². The van der Waals surface area contributed by atoms with Crippen LogP contribution < -0.4 is 22.5 Å². The summed E-state index contributed by atoms with van der Waals surface area (Å²) in [5, 5.41) is 11.5. The van der Waals surface area contributed by atoms with Gasteiger partial charge in [0, 0.05) is 13.1 Å². The number of carboxylic acid groups (broad SMARTS) is 1. The van der Waals surface area contributed by atoms with Crippen LogP contribution in [0.5, 0.6) is 0 Å². The Hall–Kier alpha value is -2.36. The number of aliphatic imine (C=N–C) groups is 1. The Kier molecular flexibility index (Phi) is 7.26. The molecule has 0 aromatic heterocycles. The number of likely N-dealkylation sites (tertiary alicyclic amines) is 1. The zero-order valence-electron chi connectivity index (χ0n) is 12.9. The molecule has 1 rings (SSSR count). The topological polar surface area (TPSA) is 177 Å². The van der Waals surface area contributed by atoms with E-state index < -0.39 is 29.9 Å². The number of rotatable bonds is 8. The first-order valence-electron chi connectivity index (χ1n) is 7.44. The molecule has 1 heterocycles. The summed E-state index contributed by atoms with van der Waals surface area (Å²) in [6.07, 6.45) is 1.98. The fraction of sp³-hybridized carbons (Fsp3) is 0.692. The molecule has 1 saturated heterocycles. The van der Waals surface area contributed by atoms with Gasteiger partial charge in [0.2, 0.25) is 11.8 Å². The lowest BCUT2D eigenvalue weighted by molar-refractivity contribution is -0.148. The van der Waals surface area contributed by atoms with Crippen molar-refractivity contribution in [2.45, 2.75) is 37.8 Å². The maximum Gasteiger partial charge on any atom is 0.326 e. The van der Waals surface area contributed by atoms with Crippen LogP contribution in [0.3, 0.4) is 0 Å². The number of carbonyl (C=O) groups excluding carboxylic acids is 2. The Morgan fingerprint density at radius 3 is 2.65 bits per heavy atom. The number of nitrogens with one attached hydrogen (secondary N) is 1. The molecule has 2 atom stereocenters. The van der Waals surface area contributed by atoms with Gasteiger partial charge in [0.15, 0.2) is 5.96 Å². The highest BCUT2D eigenvalue weighted by molar-refractivity contribution is 5.89. The molecular weight excluding hydrogens is 304 g/mol. The van der Waals surface area contributed by atoms with Gasteiger partial charge in [-0.15, -0.1) is 0 Å². The largest absolute Gasteiger partial charge is 0.480 e. The summed E-state index contributed by atoms with van der Waals surface area (Å²) in [4.78, 5) is 39.9. The number of amides is 2. The van der Waals surface area contributed by atoms with Crippen molar-refractivity contribution in [1.82, 2.24) is 10.2 Å². The van der Waals surface area contributed by atoms with Gasteiger partial charge in [-0.25, -0.2) is 4.79 Å². The molecule has 0 aromatic carbocycles. The Morgan fingerprint density at radius 1 is 1.35 bits per heavy atom. The van der Waals surface area contributed by atoms with Gasteiger partial charge >= 0.3 is 5.97 Å². The van der Waals surface area contributed by atoms with Crippen LogP contribution in [0.1, 0.15) is 25.7 Å². The minimum atomic E-state index is -1.03. The van der Waals surface area contributed by atoms with E-state index in [0.29, 0.717) is 38.8 Å². The van der Waals surface area contributed by atoms with E-state index in [9.17, 15) is 14.4 Å². The van der Waals surface area contributed by atoms with Crippen LogP contribution in [-0.2, 0) is 14.4 Å². The van der Waals surface area contributed by atoms with Gasteiger partial charge in [0.25, 0.3) is 0 Å². The van der Waals surface area contributed by atoms with Gasteiger partial charge in [-0.1, -0.05) is 0 Å². The highest BCUT2D eigenvalue weighted by atomic mass is 16.4. The third kappa shape index (κ3) is 6.10. The lowest BCUT2D eigenvalue weighted by Gasteiger charge is -2.22. The smallest absolute Gasteiger partial charge is 0.326 e. The van der Waals surface area contributed by atoms with Crippen LogP contribution in [0.4, 0.5) is 0 Å². The lowest BCUT2D eigenvalue weighted by Crippen LogP contribution is -2.48. The van der Waals surface area contributed by atoms with Gasteiger partial charge < -0.3 is 32.5 Å². The van der Waals surface area contributed by atoms with Crippen molar-refractivity contribution >= 4 is 23.7 Å². The first-order valence-corrected chi connectivity index (χ1v) is 7.44. The predicted molar refractivity (Wildman–Crippen MR) is 83.3 cm³/mol. The normalized spacial score (nSPS) is 18.3. The Labute approximate surface area is 134 Å². The van der Waals surface area contributed by atoms with E-state index in [-0.39, 0.29) is 12.5 Å². The molecule has 0 unspecified atom stereocenters. The third-order valence-electron chi connectivity index (χ3n) is 3.58. The standard InChI is InChI=1S/C13H24N6O4/c14-8(3-1-5-17-13(15)16)11(21)18-7-10(20)19-6-2-4-9(19)12(22)23/h8-9H,1-7,14H2,(H,18,21)(H,22,23)(H4,15,16,17)/t8-,9+/m0/s1. The quantitative estimate of drug-likeness (QED) is 0.186. The Morgan fingerprint density at radius 2 is 2.04 bits per heavy atom. The van der Waals surface area contributed by atoms with Crippen molar-refractivity contribution in [1.29, 1.82) is 0 Å². The maximum absolute atomic E-state index is 12.0. The summed E-state index contributed by atoms with van der Waals surface area (Å²) in [6.45, 7) is 0.497. The van der Waals surface area contributed by atoms with Gasteiger partial charge in [-0.3, -0.25) is 14.6 Å². The molecule has 0 radical (unpaired) electrons. The number of carboxylic acids is 1. The number of carbonyl (C=O) groups is 3. The molecule has 0 spiro atoms. The van der Waals surface area contributed by atoms with E-state index in [0.717, 1.165) is 0 Å². The number of hydrogen-bond acceptors (Lipinski definition) is 5. The molecule has 23 heavy (non-hydrogen) atoms. The molecular formula is C13H24N6O4. The maximum atomic E-state index is 12.0. The molecule has 0 saturated carbocycles. The van der Waals surface area contributed by atoms with Gasteiger partial charge in [0.1, 0.15) is 6.04 Å². The highest BCUT2D eigenvalue weighted by Gasteiger charge is 2.33. The Bertz CT molecular complexity index is 477. The second-order valence-electron chi connectivity index (χ2n) is 5.36. The first-order chi connectivity index (χ1) is 10.8. The van der Waals surface area contributed by atoms with E-state index in [4.69, 9.17) is 22.3 Å². The molecule has 1 aliphatic heterocycles. The van der Waals surface area contributed by atoms with E-state index in [1.165, 1.54) is 4.90 Å². The SMILES string of the molecule is NC(N)=NCCC[C@H](N)C(=O)NCC(=O)N1CCC[C@@H]1C(=O)O. The van der Waals surface area contributed by atoms with E-state index >= 15 is 0 Å². The summed E-state index contributed by atoms with van der Waals surface area (Å²) in [5.41, 5.74) is 16.1. The fourth-order valence-electron chi connectivity index (χ4n) is 2.37. The molecule has 10 nitrogen and oxygen atoms in total. The number of hydrogen-bond donors (Lipinski definition) is 5. The molecule has 130 valence electrons. The monoisotopic (exact) mass is 328 g/mol. The van der Waals surface area contributed by atoms with Crippen molar-refractivity contribution in [3.8, 4) is 0 Å². The number of nitrogens with two attached hydrogens (primary N) is 3. The van der Waals surface area contributed by atoms with Gasteiger partial charge in [0.05, 0.1) is 12.6 Å². The molecule has 1 fully saturated rings. The average Bonchev–Trinajstić information content (AvgIpc) is 2.98. The molecule has 2 amide bonds. The second kappa shape index (κ2) is 8.93. The van der Waals surface area contributed by atoms with E-state index in [2.05, 4.69) is 10.3 Å². The molecule has 0 aromatic rings. The minimum Gasteiger partial charge on any atom is -0.480 e. The second-order valence-corrected chi connectivity index (χ2v) is 5.36. The molecule has 10 heteroatoms. The van der Waals surface area contributed by atoms with Crippen molar-refractivity contribution < 1.29 is 19.5 Å². The number of nitrogens with zero attached hydrogens (tertiary/aromatic N) is 2. The third-order valence-corrected chi connectivity index (χ3v) is 3.58. The zero-order valence-corrected chi connectivity index (χ0v) is 12.9. The summed E-state index contributed by atoms with van der Waals surface area (Å²) >= 11 is 0. The van der Waals surface area contributed by atoms with Crippen LogP contribution >= 0.6 is 0 Å². The molecule has 1 aliphatic rings. The molecule has 8 N–H and O–H groups in total. The van der Waals surface area contributed by atoms with Crippen LogP contribution in [0.2, 0.25) is 0 Å². The minimum absolute atomic E-state index is 0.0211. The molecule has 0 bridgehead atoms. The van der Waals surface area contributed by atoms with E-state index in [1.807, 2.05) is 0 Å². The highest BCUT2D eigenvalue weighted by Crippen LogP contribution is 2.17. The van der Waals surface area contributed by atoms with Crippen LogP contribution in [0, 0.1) is 0 Å². The van der Waals surface area contributed by atoms with Crippen LogP contribution in [0.15, 0.2) is 4.99 Å². The number of aliphatic carboxylic acids is 1. The van der Waals surface area contributed by atoms with Crippen LogP contribution in [0.25, 0.3) is 0 Å². The Balaban J connectivity index is 2.33. The summed E-state index contributed by atoms with van der Waals surface area (Å²) in [5.74, 6) is -1.93. The van der Waals surface area contributed by atoms with E-state index in [1.54, 1.807) is 0 Å². The summed E-state index contributed by atoms with van der Waals surface area (Å²) < 4.78 is 0. The average molecular weight is 328 g/mol. The first kappa shape index (κ1) is 18.7. The van der Waals surface area contributed by atoms with Crippen LogP contribution in [-0.4, -0.2) is 65.5 Å². The fourth-order valence-corrected chi connectivity index (χ4v) is 2.37. The lowest BCUT2D eigenvalue weighted by atomic mass is 10.1. The zero-order chi connectivity index (χ0) is 17.4. The number of guanidine groups is 1. The van der Waals surface area contributed by atoms with Crippen molar-refractivity contribution in [3.63, 3.8) is 0 Å². The summed E-state index contributed by atoms with van der Waals surface area (Å²) in [6, 6.07) is -1.58. The van der Waals surface area contributed by atoms with Crippen molar-refractivity contribution in [3.05, 3.63) is 0 Å². The van der Waals surface area contributed by atoms with Crippen molar-refractivity contribution in [2.24, 2.45) is 22.2 Å². The summed E-state index contributed by atoms with van der Waals surface area (Å²) in [7, 11) is 0. The predicted octanol–water partition coefficient (Wildman–Crippen LogP) is -2.44. The van der Waals surface area contributed by atoms with Crippen molar-refractivity contribution in [2.75, 3.05) is 19.6 Å².